The number of fused-ring (bicyclic) bond motifs is 5. The molecular weight excluding hydrogens is 504 g/mol. The Morgan fingerprint density at radius 3 is 2.15 bits per heavy atom. The SMILES string of the molecule is CCCCCCCCCCCCCCCCCC=CC(=O)Oc1ccc2c(c1)CC[C@@H]1[C@@H]2CC[C@]2(C)C(=O)CC[C@@H]12. The largest absolute Gasteiger partial charge is 0.423 e. The number of hydrogen-bond donors (Lipinski definition) is 0. The van der Waals surface area contributed by atoms with Gasteiger partial charge in [0.15, 0.2) is 0 Å². The van der Waals surface area contributed by atoms with Gasteiger partial charge in [-0.2, -0.15) is 0 Å². The van der Waals surface area contributed by atoms with Crippen LogP contribution in [0.25, 0.3) is 0 Å². The first-order chi connectivity index (χ1) is 20.0. The lowest BCUT2D eigenvalue weighted by Crippen LogP contribution is -2.42. The number of hydrogen-bond acceptors (Lipinski definition) is 3. The molecule has 3 heteroatoms. The van der Waals surface area contributed by atoms with Crippen molar-refractivity contribution in [3.05, 3.63) is 41.5 Å². The number of aryl methyl sites for hydroxylation is 1. The van der Waals surface area contributed by atoms with Gasteiger partial charge in [0.25, 0.3) is 0 Å². The van der Waals surface area contributed by atoms with Crippen LogP contribution in [0.15, 0.2) is 30.4 Å². The van der Waals surface area contributed by atoms with Crippen LogP contribution in [0.4, 0.5) is 0 Å². The molecule has 4 atom stereocenters. The number of ether oxygens (including phenoxy) is 1. The third-order valence-corrected chi connectivity index (χ3v) is 10.9. The molecular formula is C38H58O3. The van der Waals surface area contributed by atoms with E-state index in [4.69, 9.17) is 4.74 Å². The van der Waals surface area contributed by atoms with Gasteiger partial charge in [-0.3, -0.25) is 4.79 Å². The van der Waals surface area contributed by atoms with E-state index in [9.17, 15) is 9.59 Å². The van der Waals surface area contributed by atoms with Crippen molar-refractivity contribution in [1.29, 1.82) is 0 Å². The summed E-state index contributed by atoms with van der Waals surface area (Å²) >= 11 is 0. The van der Waals surface area contributed by atoms with E-state index in [-0.39, 0.29) is 11.4 Å². The van der Waals surface area contributed by atoms with Crippen LogP contribution in [-0.4, -0.2) is 11.8 Å². The summed E-state index contributed by atoms with van der Waals surface area (Å²) in [6.45, 7) is 4.52. The Labute approximate surface area is 251 Å². The summed E-state index contributed by atoms with van der Waals surface area (Å²) in [5.41, 5.74) is 2.70. The van der Waals surface area contributed by atoms with E-state index in [2.05, 4.69) is 26.0 Å². The Hall–Kier alpha value is -1.90. The molecule has 0 amide bonds. The van der Waals surface area contributed by atoms with Crippen molar-refractivity contribution in [3.8, 4) is 5.75 Å². The fourth-order valence-electron chi connectivity index (χ4n) is 8.36. The van der Waals surface area contributed by atoms with E-state index in [1.807, 2.05) is 12.1 Å². The lowest BCUT2D eigenvalue weighted by molar-refractivity contribution is -0.129. The maximum absolute atomic E-state index is 12.6. The van der Waals surface area contributed by atoms with Crippen molar-refractivity contribution in [2.75, 3.05) is 0 Å². The third kappa shape index (κ3) is 9.04. The van der Waals surface area contributed by atoms with Crippen LogP contribution in [0.1, 0.15) is 166 Å². The smallest absolute Gasteiger partial charge is 0.335 e. The van der Waals surface area contributed by atoms with Gasteiger partial charge in [0.1, 0.15) is 11.5 Å². The van der Waals surface area contributed by atoms with Crippen LogP contribution in [0.3, 0.4) is 0 Å². The molecule has 0 bridgehead atoms. The van der Waals surface area contributed by atoms with E-state index in [1.165, 1.54) is 101 Å². The van der Waals surface area contributed by atoms with Crippen molar-refractivity contribution in [2.24, 2.45) is 17.3 Å². The number of rotatable bonds is 18. The number of carbonyl (C=O) groups is 2. The molecule has 41 heavy (non-hydrogen) atoms. The fourth-order valence-corrected chi connectivity index (χ4v) is 8.36. The van der Waals surface area contributed by atoms with E-state index < -0.39 is 0 Å². The molecule has 0 heterocycles. The highest BCUT2D eigenvalue weighted by Crippen LogP contribution is 2.59. The predicted octanol–water partition coefficient (Wildman–Crippen LogP) is 10.8. The van der Waals surface area contributed by atoms with E-state index >= 15 is 0 Å². The molecule has 0 unspecified atom stereocenters. The predicted molar refractivity (Wildman–Crippen MR) is 170 cm³/mol. The van der Waals surface area contributed by atoms with Gasteiger partial charge < -0.3 is 4.74 Å². The number of ketones is 1. The Bertz CT molecular complexity index is 993. The summed E-state index contributed by atoms with van der Waals surface area (Å²) in [6, 6.07) is 6.28. The van der Waals surface area contributed by atoms with Crippen LogP contribution in [0, 0.1) is 17.3 Å². The number of benzene rings is 1. The molecule has 2 saturated carbocycles. The van der Waals surface area contributed by atoms with E-state index in [0.29, 0.717) is 29.3 Å². The molecule has 4 rings (SSSR count). The molecule has 3 aliphatic rings. The molecule has 3 aliphatic carbocycles. The van der Waals surface area contributed by atoms with Crippen LogP contribution < -0.4 is 4.74 Å². The van der Waals surface area contributed by atoms with Crippen molar-refractivity contribution in [2.45, 2.75) is 161 Å². The standard InChI is InChI=1S/C38H58O3/c1-3-4-5-6-7-8-9-10-11-12-13-14-15-16-17-18-19-20-37(40)41-31-22-24-32-30(29-31)21-23-34-33(32)27-28-38(2)35(34)25-26-36(38)39/h19-20,22,24,29,33-35H,3-18,21,23,25-28H2,1-2H3/t33-,34-,35+,38+/m1/s1. The zero-order chi connectivity index (χ0) is 28.9. The number of esters is 1. The van der Waals surface area contributed by atoms with Crippen LogP contribution in [-0.2, 0) is 16.0 Å². The minimum atomic E-state index is -0.266. The zero-order valence-electron chi connectivity index (χ0n) is 26.4. The molecule has 0 spiro atoms. The molecule has 0 radical (unpaired) electrons. The van der Waals surface area contributed by atoms with Gasteiger partial charge in [0, 0.05) is 17.9 Å². The number of Topliss-reactive ketones (excluding diaryl/α,β-unsaturated/α-hetero) is 1. The average molecular weight is 563 g/mol. The lowest BCUT2D eigenvalue weighted by Gasteiger charge is -2.48. The summed E-state index contributed by atoms with van der Waals surface area (Å²) in [6.07, 6.45) is 31.3. The maximum Gasteiger partial charge on any atom is 0.335 e. The van der Waals surface area contributed by atoms with Crippen molar-refractivity contribution in [3.63, 3.8) is 0 Å². The molecule has 2 fully saturated rings. The average Bonchev–Trinajstić information content (AvgIpc) is 3.28. The number of allylic oxidation sites excluding steroid dienone is 1. The molecule has 1 aromatic carbocycles. The molecule has 0 saturated heterocycles. The quantitative estimate of drug-likeness (QED) is 0.0773. The lowest BCUT2D eigenvalue weighted by atomic mass is 9.55. The van der Waals surface area contributed by atoms with Gasteiger partial charge in [-0.25, -0.2) is 4.79 Å². The van der Waals surface area contributed by atoms with E-state index in [0.717, 1.165) is 51.4 Å². The number of carbonyl (C=O) groups excluding carboxylic acids is 2. The molecule has 0 aliphatic heterocycles. The van der Waals surface area contributed by atoms with Gasteiger partial charge in [-0.1, -0.05) is 116 Å². The van der Waals surface area contributed by atoms with Crippen molar-refractivity contribution < 1.29 is 14.3 Å². The van der Waals surface area contributed by atoms with Crippen molar-refractivity contribution in [1.82, 2.24) is 0 Å². The van der Waals surface area contributed by atoms with Gasteiger partial charge in [0.2, 0.25) is 0 Å². The van der Waals surface area contributed by atoms with Crippen molar-refractivity contribution >= 4 is 11.8 Å². The summed E-state index contributed by atoms with van der Waals surface area (Å²) in [7, 11) is 0. The highest BCUT2D eigenvalue weighted by molar-refractivity contribution is 5.87. The summed E-state index contributed by atoms with van der Waals surface area (Å²) < 4.78 is 5.67. The summed E-state index contributed by atoms with van der Waals surface area (Å²) in [5.74, 6) is 2.64. The minimum Gasteiger partial charge on any atom is -0.423 e. The van der Waals surface area contributed by atoms with Gasteiger partial charge in [0.05, 0.1) is 0 Å². The highest BCUT2D eigenvalue weighted by atomic mass is 16.5. The number of unbranched alkanes of at least 4 members (excludes halogenated alkanes) is 15. The molecule has 1 aromatic rings. The monoisotopic (exact) mass is 562 g/mol. The fraction of sp³-hybridized carbons (Fsp3) is 0.737. The third-order valence-electron chi connectivity index (χ3n) is 10.9. The maximum atomic E-state index is 12.6. The van der Waals surface area contributed by atoms with Gasteiger partial charge >= 0.3 is 5.97 Å². The first kappa shape index (κ1) is 32.0. The first-order valence-corrected chi connectivity index (χ1v) is 17.6. The van der Waals surface area contributed by atoms with E-state index in [1.54, 1.807) is 6.08 Å². The summed E-state index contributed by atoms with van der Waals surface area (Å²) in [4.78, 5) is 25.0. The summed E-state index contributed by atoms with van der Waals surface area (Å²) in [5, 5.41) is 0. The topological polar surface area (TPSA) is 43.4 Å². The van der Waals surface area contributed by atoms with Crippen LogP contribution in [0.5, 0.6) is 5.75 Å². The molecule has 228 valence electrons. The van der Waals surface area contributed by atoms with Gasteiger partial charge in [-0.05, 0) is 86.0 Å². The van der Waals surface area contributed by atoms with Crippen LogP contribution in [0.2, 0.25) is 0 Å². The second kappa shape index (κ2) is 16.7. The second-order valence-electron chi connectivity index (χ2n) is 13.8. The highest BCUT2D eigenvalue weighted by Gasteiger charge is 2.54. The Balaban J connectivity index is 1.05. The zero-order valence-corrected chi connectivity index (χ0v) is 26.4. The van der Waals surface area contributed by atoms with Gasteiger partial charge in [-0.15, -0.1) is 0 Å². The Morgan fingerprint density at radius 2 is 1.49 bits per heavy atom. The second-order valence-corrected chi connectivity index (χ2v) is 13.8. The Kier molecular flexibility index (Phi) is 13.0. The normalized spacial score (nSPS) is 25.2. The van der Waals surface area contributed by atoms with Crippen LogP contribution >= 0.6 is 0 Å². The molecule has 0 N–H and O–H groups in total. The Morgan fingerprint density at radius 1 is 0.854 bits per heavy atom. The minimum absolute atomic E-state index is 0.0765. The molecule has 0 aromatic heterocycles. The molecule has 3 nitrogen and oxygen atoms in total. The first-order valence-electron chi connectivity index (χ1n) is 17.6.